The maximum atomic E-state index is 5.61. The van der Waals surface area contributed by atoms with Crippen molar-refractivity contribution in [1.82, 2.24) is 0 Å². The van der Waals surface area contributed by atoms with Gasteiger partial charge in [-0.3, -0.25) is 0 Å². The third kappa shape index (κ3) is 6.43. The van der Waals surface area contributed by atoms with Gasteiger partial charge in [0.25, 0.3) is 8.32 Å². The van der Waals surface area contributed by atoms with Crippen LogP contribution in [0, 0.1) is 0 Å². The van der Waals surface area contributed by atoms with Crippen LogP contribution >= 0.6 is 0 Å². The summed E-state index contributed by atoms with van der Waals surface area (Å²) in [7, 11) is -1.65. The number of allylic oxidation sites excluding steroid dienone is 1. The summed E-state index contributed by atoms with van der Waals surface area (Å²) in [5.74, 6) is 0.791. The average Bonchev–Trinajstić information content (AvgIpc) is 1.81. The summed E-state index contributed by atoms with van der Waals surface area (Å²) < 4.78 is 11.1. The zero-order valence-corrected chi connectivity index (χ0v) is 9.81. The maximum Gasteiger partial charge on any atom is 0.269 e. The van der Waals surface area contributed by atoms with Crippen molar-refractivity contribution in [3.63, 3.8) is 0 Å². The van der Waals surface area contributed by atoms with Crippen LogP contribution in [0.5, 0.6) is 0 Å². The Bertz CT molecular complexity index is 153. The summed E-state index contributed by atoms with van der Waals surface area (Å²) >= 11 is 0. The summed E-state index contributed by atoms with van der Waals surface area (Å²) in [6.45, 7) is 13.9. The van der Waals surface area contributed by atoms with E-state index < -0.39 is 8.32 Å². The highest BCUT2D eigenvalue weighted by molar-refractivity contribution is 6.71. The van der Waals surface area contributed by atoms with Crippen LogP contribution in [0.4, 0.5) is 0 Å². The van der Waals surface area contributed by atoms with Crippen LogP contribution in [0.1, 0.15) is 20.8 Å². The van der Waals surface area contributed by atoms with Crippen LogP contribution in [0.25, 0.3) is 0 Å². The first-order valence-electron chi connectivity index (χ1n) is 4.29. The Labute approximate surface area is 76.7 Å². The van der Waals surface area contributed by atoms with Gasteiger partial charge in [0.05, 0.1) is 18.1 Å². The zero-order valence-electron chi connectivity index (χ0n) is 8.81. The van der Waals surface area contributed by atoms with Gasteiger partial charge in [-0.2, -0.15) is 0 Å². The second-order valence-electron chi connectivity index (χ2n) is 3.92. The van der Waals surface area contributed by atoms with Crippen LogP contribution in [-0.4, -0.2) is 20.7 Å². The molecule has 12 heavy (non-hydrogen) atoms. The molecule has 0 unspecified atom stereocenters. The van der Waals surface area contributed by atoms with Crippen LogP contribution in [-0.2, 0) is 9.16 Å². The van der Waals surface area contributed by atoms with Gasteiger partial charge in [0.2, 0.25) is 0 Å². The fourth-order valence-electron chi connectivity index (χ4n) is 0.868. The standard InChI is InChI=1S/C9H20O2Si/c1-8(2)10-7-12(5,6)11-9(3)4/h8H,3,7H2,1-2,4-6H3. The number of hydrogen-bond donors (Lipinski definition) is 0. The Morgan fingerprint density at radius 2 is 1.92 bits per heavy atom. The van der Waals surface area contributed by atoms with Crippen LogP contribution in [0.2, 0.25) is 13.1 Å². The van der Waals surface area contributed by atoms with Gasteiger partial charge >= 0.3 is 0 Å². The first-order chi connectivity index (χ1) is 5.33. The highest BCUT2D eigenvalue weighted by Crippen LogP contribution is 2.10. The lowest BCUT2D eigenvalue weighted by molar-refractivity contribution is 0.103. The number of rotatable bonds is 5. The fourth-order valence-corrected chi connectivity index (χ4v) is 2.61. The molecular weight excluding hydrogens is 168 g/mol. The highest BCUT2D eigenvalue weighted by Gasteiger charge is 2.24. The van der Waals surface area contributed by atoms with Crippen molar-refractivity contribution < 1.29 is 9.16 Å². The van der Waals surface area contributed by atoms with Crippen LogP contribution < -0.4 is 0 Å². The van der Waals surface area contributed by atoms with Crippen molar-refractivity contribution >= 4 is 8.32 Å². The number of hydrogen-bond acceptors (Lipinski definition) is 2. The van der Waals surface area contributed by atoms with Crippen molar-refractivity contribution in [3.8, 4) is 0 Å². The highest BCUT2D eigenvalue weighted by atomic mass is 28.4. The molecule has 72 valence electrons. The molecule has 0 fully saturated rings. The Morgan fingerprint density at radius 3 is 2.25 bits per heavy atom. The summed E-state index contributed by atoms with van der Waals surface area (Å²) in [5.41, 5.74) is 0. The van der Waals surface area contributed by atoms with Gasteiger partial charge in [-0.15, -0.1) is 0 Å². The van der Waals surface area contributed by atoms with Gasteiger partial charge in [-0.05, 0) is 33.9 Å². The molecule has 3 heteroatoms. The predicted molar refractivity (Wildman–Crippen MR) is 54.5 cm³/mol. The summed E-state index contributed by atoms with van der Waals surface area (Å²) in [4.78, 5) is 0. The third-order valence-corrected chi connectivity index (χ3v) is 2.98. The third-order valence-electron chi connectivity index (χ3n) is 1.21. The molecule has 0 aliphatic rings. The van der Waals surface area contributed by atoms with E-state index >= 15 is 0 Å². The smallest absolute Gasteiger partial charge is 0.269 e. The van der Waals surface area contributed by atoms with Gasteiger partial charge in [0.15, 0.2) is 0 Å². The second-order valence-corrected chi connectivity index (χ2v) is 7.94. The first kappa shape index (κ1) is 11.7. The van der Waals surface area contributed by atoms with Crippen molar-refractivity contribution in [3.05, 3.63) is 12.3 Å². The zero-order chi connectivity index (χ0) is 9.78. The minimum Gasteiger partial charge on any atom is -0.546 e. The van der Waals surface area contributed by atoms with Gasteiger partial charge in [0.1, 0.15) is 0 Å². The molecule has 0 saturated heterocycles. The first-order valence-corrected chi connectivity index (χ1v) is 7.41. The minimum atomic E-state index is -1.65. The molecule has 0 aromatic carbocycles. The Balaban J connectivity index is 3.78. The molecule has 0 spiro atoms. The van der Waals surface area contributed by atoms with Crippen LogP contribution in [0.15, 0.2) is 12.3 Å². The van der Waals surface area contributed by atoms with Gasteiger partial charge in [-0.1, -0.05) is 6.58 Å². The molecular formula is C9H20O2Si. The van der Waals surface area contributed by atoms with E-state index in [0.717, 1.165) is 12.0 Å². The summed E-state index contributed by atoms with van der Waals surface area (Å²) in [5, 5.41) is 0. The largest absolute Gasteiger partial charge is 0.546 e. The molecule has 2 nitrogen and oxygen atoms in total. The quantitative estimate of drug-likeness (QED) is 0.488. The lowest BCUT2D eigenvalue weighted by Crippen LogP contribution is -2.37. The average molecular weight is 188 g/mol. The monoisotopic (exact) mass is 188 g/mol. The minimum absolute atomic E-state index is 0.283. The molecule has 0 rings (SSSR count). The molecule has 0 radical (unpaired) electrons. The molecule has 0 bridgehead atoms. The van der Waals surface area contributed by atoms with E-state index in [1.165, 1.54) is 0 Å². The van der Waals surface area contributed by atoms with Gasteiger partial charge < -0.3 is 9.16 Å². The van der Waals surface area contributed by atoms with Crippen molar-refractivity contribution in [2.45, 2.75) is 40.0 Å². The lowest BCUT2D eigenvalue weighted by atomic mass is 10.5. The predicted octanol–water partition coefficient (Wildman–Crippen LogP) is 2.71. The van der Waals surface area contributed by atoms with Crippen LogP contribution in [0.3, 0.4) is 0 Å². The van der Waals surface area contributed by atoms with Crippen molar-refractivity contribution in [1.29, 1.82) is 0 Å². The molecule has 0 N–H and O–H groups in total. The normalized spacial score (nSPS) is 11.8. The lowest BCUT2D eigenvalue weighted by Gasteiger charge is -2.24. The van der Waals surface area contributed by atoms with E-state index in [9.17, 15) is 0 Å². The van der Waals surface area contributed by atoms with Gasteiger partial charge in [0, 0.05) is 0 Å². The second kappa shape index (κ2) is 4.67. The SMILES string of the molecule is C=C(C)O[Si](C)(C)COC(C)C. The van der Waals surface area contributed by atoms with E-state index in [1.807, 2.05) is 20.8 Å². The molecule has 0 amide bonds. The maximum absolute atomic E-state index is 5.61. The Hall–Kier alpha value is -0.283. The summed E-state index contributed by atoms with van der Waals surface area (Å²) in [6, 6.07) is 0. The topological polar surface area (TPSA) is 18.5 Å². The van der Waals surface area contributed by atoms with E-state index in [1.54, 1.807) is 0 Å². The summed E-state index contributed by atoms with van der Waals surface area (Å²) in [6.07, 6.45) is 1.02. The molecule has 0 aromatic rings. The fraction of sp³-hybridized carbons (Fsp3) is 0.778. The molecule has 0 saturated carbocycles. The van der Waals surface area contributed by atoms with E-state index in [4.69, 9.17) is 9.16 Å². The van der Waals surface area contributed by atoms with Gasteiger partial charge in [-0.25, -0.2) is 0 Å². The van der Waals surface area contributed by atoms with Crippen molar-refractivity contribution in [2.75, 3.05) is 6.23 Å². The molecule has 0 aromatic heterocycles. The molecule has 0 heterocycles. The Kier molecular flexibility index (Phi) is 4.56. The Morgan fingerprint density at radius 1 is 1.42 bits per heavy atom. The molecule has 0 atom stereocenters. The molecule has 0 aliphatic heterocycles. The van der Waals surface area contributed by atoms with E-state index in [0.29, 0.717) is 0 Å². The van der Waals surface area contributed by atoms with Crippen molar-refractivity contribution in [2.24, 2.45) is 0 Å². The van der Waals surface area contributed by atoms with E-state index in [2.05, 4.69) is 19.7 Å². The molecule has 0 aliphatic carbocycles. The number of ether oxygens (including phenoxy) is 1. The van der Waals surface area contributed by atoms with E-state index in [-0.39, 0.29) is 6.10 Å².